The topological polar surface area (TPSA) is 83.9 Å². The zero-order chi connectivity index (χ0) is 25.9. The number of ether oxygens (including phenoxy) is 1. The van der Waals surface area contributed by atoms with Crippen LogP contribution >= 0.6 is 0 Å². The molecule has 1 aliphatic heterocycles. The molecule has 37 heavy (non-hydrogen) atoms. The number of hydrogen-bond donors (Lipinski definition) is 1. The molecule has 5 rings (SSSR count). The molecule has 0 radical (unpaired) electrons. The number of amides is 1. The van der Waals surface area contributed by atoms with E-state index < -0.39 is 23.7 Å². The van der Waals surface area contributed by atoms with Crippen LogP contribution < -0.4 is 4.90 Å². The second kappa shape index (κ2) is 10.4. The average Bonchev–Trinajstić information content (AvgIpc) is 3.21. The van der Waals surface area contributed by atoms with Gasteiger partial charge in [0.2, 0.25) is 0 Å². The number of benzene rings is 3. The van der Waals surface area contributed by atoms with Gasteiger partial charge in [0, 0.05) is 11.3 Å². The first-order chi connectivity index (χ1) is 18.0. The first kappa shape index (κ1) is 24.5. The molecule has 3 aromatic carbocycles. The van der Waals surface area contributed by atoms with Crippen molar-refractivity contribution in [3.63, 3.8) is 0 Å². The lowest BCUT2D eigenvalue weighted by Gasteiger charge is -2.25. The number of esters is 1. The van der Waals surface area contributed by atoms with Crippen LogP contribution in [0.2, 0.25) is 0 Å². The van der Waals surface area contributed by atoms with Gasteiger partial charge >= 0.3 is 5.97 Å². The minimum absolute atomic E-state index is 0.0541. The molecule has 3 aromatic rings. The summed E-state index contributed by atoms with van der Waals surface area (Å²) in [7, 11) is 0. The van der Waals surface area contributed by atoms with Gasteiger partial charge in [0.1, 0.15) is 5.76 Å². The Kier molecular flexibility index (Phi) is 6.91. The lowest BCUT2D eigenvalue weighted by Crippen LogP contribution is -2.29. The van der Waals surface area contributed by atoms with E-state index in [1.54, 1.807) is 24.3 Å². The standard InChI is InChI=1S/C31H29NO5/c1-2-18-37-31(36)22-14-16-25(17-15-22)32-27(21-9-4-3-5-10-21)26(29(34)30(32)35)28(33)24-13-12-20-8-6-7-11-23(20)19-24/h3-5,9-10,12-17,19,27,33H,2,6-8,11,18H2,1H3/b28-26-. The molecule has 1 atom stereocenters. The summed E-state index contributed by atoms with van der Waals surface area (Å²) in [5, 5.41) is 11.4. The van der Waals surface area contributed by atoms with E-state index in [0.29, 0.717) is 29.0 Å². The van der Waals surface area contributed by atoms with Crippen molar-refractivity contribution in [1.29, 1.82) is 0 Å². The highest BCUT2D eigenvalue weighted by atomic mass is 16.5. The zero-order valence-corrected chi connectivity index (χ0v) is 20.8. The molecule has 6 heteroatoms. The smallest absolute Gasteiger partial charge is 0.338 e. The maximum atomic E-state index is 13.4. The number of Topliss-reactive ketones (excluding diaryl/α,β-unsaturated/α-hetero) is 1. The molecular formula is C31H29NO5. The third-order valence-corrected chi connectivity index (χ3v) is 7.00. The fourth-order valence-corrected chi connectivity index (χ4v) is 5.12. The summed E-state index contributed by atoms with van der Waals surface area (Å²) in [6.07, 6.45) is 4.89. The average molecular weight is 496 g/mol. The lowest BCUT2D eigenvalue weighted by atomic mass is 9.88. The minimum atomic E-state index is -0.810. The van der Waals surface area contributed by atoms with Crippen molar-refractivity contribution in [1.82, 2.24) is 0 Å². The number of aryl methyl sites for hydroxylation is 2. The van der Waals surface area contributed by atoms with Crippen molar-refractivity contribution in [3.8, 4) is 0 Å². The minimum Gasteiger partial charge on any atom is -0.507 e. The molecule has 1 heterocycles. The van der Waals surface area contributed by atoms with E-state index in [1.807, 2.05) is 55.5 Å². The fraction of sp³-hybridized carbons (Fsp3) is 0.258. The molecule has 0 bridgehead atoms. The molecule has 2 aliphatic rings. The van der Waals surface area contributed by atoms with Gasteiger partial charge in [-0.05, 0) is 79.1 Å². The SMILES string of the molecule is CCCOC(=O)c1ccc(N2C(=O)C(=O)/C(=C(\O)c3ccc4c(c3)CCCC4)C2c2ccccc2)cc1. The number of carbonyl (C=O) groups excluding carboxylic acids is 3. The molecule has 0 aromatic heterocycles. The Morgan fingerprint density at radius 1 is 0.919 bits per heavy atom. The largest absolute Gasteiger partial charge is 0.507 e. The highest BCUT2D eigenvalue weighted by molar-refractivity contribution is 6.51. The summed E-state index contributed by atoms with van der Waals surface area (Å²) in [5.41, 5.74) is 4.54. The van der Waals surface area contributed by atoms with Crippen LogP contribution in [0.3, 0.4) is 0 Å². The van der Waals surface area contributed by atoms with Crippen LogP contribution in [0.5, 0.6) is 0 Å². The Labute approximate surface area is 216 Å². The van der Waals surface area contributed by atoms with Crippen LogP contribution in [0.4, 0.5) is 5.69 Å². The molecule has 0 saturated carbocycles. The Balaban J connectivity index is 1.58. The predicted octanol–water partition coefficient (Wildman–Crippen LogP) is 5.76. The van der Waals surface area contributed by atoms with E-state index in [0.717, 1.165) is 32.1 Å². The Hall–Kier alpha value is -4.19. The molecule has 1 unspecified atom stereocenters. The van der Waals surface area contributed by atoms with Crippen molar-refractivity contribution in [2.45, 2.75) is 45.1 Å². The first-order valence-corrected chi connectivity index (χ1v) is 12.7. The summed E-state index contributed by atoms with van der Waals surface area (Å²) in [6, 6.07) is 20.6. The van der Waals surface area contributed by atoms with Crippen LogP contribution in [0.15, 0.2) is 78.4 Å². The van der Waals surface area contributed by atoms with Crippen LogP contribution in [0.25, 0.3) is 5.76 Å². The molecule has 0 spiro atoms. The normalized spacial score (nSPS) is 18.5. The van der Waals surface area contributed by atoms with Gasteiger partial charge in [-0.15, -0.1) is 0 Å². The van der Waals surface area contributed by atoms with Crippen LogP contribution in [-0.2, 0) is 27.2 Å². The number of hydrogen-bond acceptors (Lipinski definition) is 5. The molecule has 6 nitrogen and oxygen atoms in total. The molecule has 1 aliphatic carbocycles. The van der Waals surface area contributed by atoms with E-state index in [4.69, 9.17) is 4.74 Å². The number of ketones is 1. The number of rotatable bonds is 6. The van der Waals surface area contributed by atoms with Crippen molar-refractivity contribution in [2.75, 3.05) is 11.5 Å². The van der Waals surface area contributed by atoms with Gasteiger partial charge < -0.3 is 9.84 Å². The van der Waals surface area contributed by atoms with Gasteiger partial charge in [-0.3, -0.25) is 14.5 Å². The van der Waals surface area contributed by atoms with Gasteiger partial charge in [0.25, 0.3) is 11.7 Å². The van der Waals surface area contributed by atoms with Gasteiger partial charge in [0.15, 0.2) is 0 Å². The van der Waals surface area contributed by atoms with Crippen molar-refractivity contribution in [3.05, 3.63) is 106 Å². The van der Waals surface area contributed by atoms with Gasteiger partial charge in [-0.1, -0.05) is 49.4 Å². The predicted molar refractivity (Wildman–Crippen MR) is 141 cm³/mol. The number of nitrogens with zero attached hydrogens (tertiary/aromatic N) is 1. The highest BCUT2D eigenvalue weighted by Gasteiger charge is 2.47. The summed E-state index contributed by atoms with van der Waals surface area (Å²) >= 11 is 0. The molecule has 1 saturated heterocycles. The third-order valence-electron chi connectivity index (χ3n) is 7.00. The Bertz CT molecular complexity index is 1370. The first-order valence-electron chi connectivity index (χ1n) is 12.7. The Morgan fingerprint density at radius 2 is 1.59 bits per heavy atom. The summed E-state index contributed by atoms with van der Waals surface area (Å²) in [4.78, 5) is 40.4. The Morgan fingerprint density at radius 3 is 2.30 bits per heavy atom. The van der Waals surface area contributed by atoms with E-state index in [1.165, 1.54) is 16.0 Å². The van der Waals surface area contributed by atoms with E-state index in [-0.39, 0.29) is 11.3 Å². The summed E-state index contributed by atoms with van der Waals surface area (Å²) < 4.78 is 5.19. The third kappa shape index (κ3) is 4.67. The van der Waals surface area contributed by atoms with Crippen LogP contribution in [0, 0.1) is 0 Å². The van der Waals surface area contributed by atoms with Gasteiger partial charge in [-0.2, -0.15) is 0 Å². The molecule has 1 fully saturated rings. The van der Waals surface area contributed by atoms with E-state index in [9.17, 15) is 19.5 Å². The number of anilines is 1. The van der Waals surface area contributed by atoms with E-state index in [2.05, 4.69) is 0 Å². The molecule has 188 valence electrons. The fourth-order valence-electron chi connectivity index (χ4n) is 5.12. The summed E-state index contributed by atoms with van der Waals surface area (Å²) in [6.45, 7) is 2.24. The monoisotopic (exact) mass is 495 g/mol. The van der Waals surface area contributed by atoms with Gasteiger partial charge in [-0.25, -0.2) is 4.79 Å². The number of fused-ring (bicyclic) bond motifs is 1. The van der Waals surface area contributed by atoms with Crippen molar-refractivity contribution in [2.24, 2.45) is 0 Å². The van der Waals surface area contributed by atoms with Crippen LogP contribution in [-0.4, -0.2) is 29.4 Å². The zero-order valence-electron chi connectivity index (χ0n) is 20.8. The number of carbonyl (C=O) groups is 3. The second-order valence-electron chi connectivity index (χ2n) is 9.45. The van der Waals surface area contributed by atoms with Crippen molar-refractivity contribution >= 4 is 29.1 Å². The van der Waals surface area contributed by atoms with Crippen molar-refractivity contribution < 1.29 is 24.2 Å². The maximum Gasteiger partial charge on any atom is 0.338 e. The summed E-state index contributed by atoms with van der Waals surface area (Å²) in [5.74, 6) is -2.09. The number of aliphatic hydroxyl groups excluding tert-OH is 1. The van der Waals surface area contributed by atoms with Gasteiger partial charge in [0.05, 0.1) is 23.8 Å². The lowest BCUT2D eigenvalue weighted by molar-refractivity contribution is -0.132. The second-order valence-corrected chi connectivity index (χ2v) is 9.45. The molecule has 1 N–H and O–H groups in total. The highest BCUT2D eigenvalue weighted by Crippen LogP contribution is 2.42. The maximum absolute atomic E-state index is 13.4. The van der Waals surface area contributed by atoms with Crippen LogP contribution in [0.1, 0.15) is 64.8 Å². The molecule has 1 amide bonds. The molecular weight excluding hydrogens is 466 g/mol. The quantitative estimate of drug-likeness (QED) is 0.203. The van der Waals surface area contributed by atoms with E-state index >= 15 is 0 Å². The number of aliphatic hydroxyl groups is 1.